The minimum absolute atomic E-state index is 0.0920. The lowest BCUT2D eigenvalue weighted by atomic mass is 10.3. The van der Waals surface area contributed by atoms with Gasteiger partial charge in [0.05, 0.1) is 16.3 Å². The molecule has 0 spiro atoms. The SMILES string of the molecule is Cc1nccc(Oc2ccc(N)c(F)c2)c1S. The zero-order valence-corrected chi connectivity index (χ0v) is 10.0. The smallest absolute Gasteiger partial charge is 0.149 e. The number of nitrogens with two attached hydrogens (primary N) is 1. The molecule has 0 bridgehead atoms. The number of pyridine rings is 1. The van der Waals surface area contributed by atoms with E-state index in [1.165, 1.54) is 12.1 Å². The maximum atomic E-state index is 13.2. The predicted octanol–water partition coefficient (Wildman–Crippen LogP) is 3.19. The highest BCUT2D eigenvalue weighted by molar-refractivity contribution is 7.80. The molecule has 0 aliphatic rings. The molecule has 0 aliphatic carbocycles. The van der Waals surface area contributed by atoms with Crippen molar-refractivity contribution < 1.29 is 9.13 Å². The van der Waals surface area contributed by atoms with Gasteiger partial charge in [0, 0.05) is 18.3 Å². The van der Waals surface area contributed by atoms with E-state index in [4.69, 9.17) is 10.5 Å². The van der Waals surface area contributed by atoms with E-state index in [9.17, 15) is 4.39 Å². The van der Waals surface area contributed by atoms with Crippen LogP contribution < -0.4 is 10.5 Å². The standard InChI is InChI=1S/C12H11FN2OS/c1-7-12(17)11(4-5-15-7)16-8-2-3-10(14)9(13)6-8/h2-6,17H,14H2,1H3. The van der Waals surface area contributed by atoms with Gasteiger partial charge in [-0.15, -0.1) is 12.6 Å². The Morgan fingerprint density at radius 2 is 2.12 bits per heavy atom. The Bertz CT molecular complexity index is 560. The van der Waals surface area contributed by atoms with Crippen LogP contribution in [0.5, 0.6) is 11.5 Å². The van der Waals surface area contributed by atoms with Crippen LogP contribution >= 0.6 is 12.6 Å². The molecule has 0 saturated heterocycles. The summed E-state index contributed by atoms with van der Waals surface area (Å²) in [5.74, 6) is 0.400. The van der Waals surface area contributed by atoms with Crippen molar-refractivity contribution in [2.24, 2.45) is 0 Å². The monoisotopic (exact) mass is 250 g/mol. The van der Waals surface area contributed by atoms with E-state index < -0.39 is 5.82 Å². The molecule has 1 heterocycles. The third-order valence-corrected chi connectivity index (χ3v) is 2.81. The first kappa shape index (κ1) is 11.7. The van der Waals surface area contributed by atoms with Gasteiger partial charge in [0.15, 0.2) is 0 Å². The van der Waals surface area contributed by atoms with Gasteiger partial charge in [-0.1, -0.05) is 0 Å². The Morgan fingerprint density at radius 1 is 1.35 bits per heavy atom. The lowest BCUT2D eigenvalue weighted by molar-refractivity contribution is 0.464. The summed E-state index contributed by atoms with van der Waals surface area (Å²) in [6.45, 7) is 1.82. The van der Waals surface area contributed by atoms with Crippen LogP contribution in [-0.4, -0.2) is 4.98 Å². The summed E-state index contributed by atoms with van der Waals surface area (Å²) in [5.41, 5.74) is 6.22. The Hall–Kier alpha value is -1.75. The van der Waals surface area contributed by atoms with Crippen molar-refractivity contribution in [2.75, 3.05) is 5.73 Å². The largest absolute Gasteiger partial charge is 0.456 e. The predicted molar refractivity (Wildman–Crippen MR) is 67.1 cm³/mol. The molecular weight excluding hydrogens is 239 g/mol. The number of nitrogen functional groups attached to an aromatic ring is 1. The van der Waals surface area contributed by atoms with Gasteiger partial charge in [-0.25, -0.2) is 4.39 Å². The molecule has 0 fully saturated rings. The van der Waals surface area contributed by atoms with Crippen LogP contribution in [0.2, 0.25) is 0 Å². The minimum Gasteiger partial charge on any atom is -0.456 e. The molecule has 0 saturated carbocycles. The maximum Gasteiger partial charge on any atom is 0.149 e. The summed E-state index contributed by atoms with van der Waals surface area (Å²) in [6.07, 6.45) is 1.61. The second-order valence-corrected chi connectivity index (χ2v) is 3.98. The molecule has 0 unspecified atom stereocenters. The lowest BCUT2D eigenvalue weighted by Gasteiger charge is -2.09. The van der Waals surface area contributed by atoms with Gasteiger partial charge in [0.1, 0.15) is 17.3 Å². The quantitative estimate of drug-likeness (QED) is 0.635. The molecule has 2 aromatic rings. The van der Waals surface area contributed by atoms with E-state index in [2.05, 4.69) is 17.6 Å². The third-order valence-electron chi connectivity index (χ3n) is 2.27. The molecule has 5 heteroatoms. The summed E-state index contributed by atoms with van der Waals surface area (Å²) >= 11 is 4.28. The summed E-state index contributed by atoms with van der Waals surface area (Å²) < 4.78 is 18.7. The highest BCUT2D eigenvalue weighted by atomic mass is 32.1. The highest BCUT2D eigenvalue weighted by Gasteiger charge is 2.06. The van der Waals surface area contributed by atoms with Gasteiger partial charge >= 0.3 is 0 Å². The average Bonchev–Trinajstić information content (AvgIpc) is 2.30. The van der Waals surface area contributed by atoms with E-state index in [1.54, 1.807) is 18.3 Å². The van der Waals surface area contributed by atoms with E-state index in [1.807, 2.05) is 6.92 Å². The van der Waals surface area contributed by atoms with Crippen LogP contribution in [0.4, 0.5) is 10.1 Å². The fourth-order valence-corrected chi connectivity index (χ4v) is 1.49. The molecule has 88 valence electrons. The highest BCUT2D eigenvalue weighted by Crippen LogP contribution is 2.30. The molecule has 2 N–H and O–H groups in total. The van der Waals surface area contributed by atoms with Crippen LogP contribution in [-0.2, 0) is 0 Å². The van der Waals surface area contributed by atoms with E-state index >= 15 is 0 Å². The molecule has 1 aromatic carbocycles. The van der Waals surface area contributed by atoms with Crippen molar-refractivity contribution in [3.8, 4) is 11.5 Å². The number of benzene rings is 1. The van der Waals surface area contributed by atoms with Gasteiger partial charge in [0.2, 0.25) is 0 Å². The number of aromatic nitrogens is 1. The van der Waals surface area contributed by atoms with Crippen LogP contribution in [0.3, 0.4) is 0 Å². The number of nitrogens with zero attached hydrogens (tertiary/aromatic N) is 1. The van der Waals surface area contributed by atoms with Gasteiger partial charge in [-0.2, -0.15) is 0 Å². The van der Waals surface area contributed by atoms with Gasteiger partial charge in [-0.3, -0.25) is 4.98 Å². The second-order valence-electron chi connectivity index (χ2n) is 3.53. The van der Waals surface area contributed by atoms with Crippen molar-refractivity contribution in [1.82, 2.24) is 4.98 Å². The number of halogens is 1. The number of thiol groups is 1. The third kappa shape index (κ3) is 2.50. The fourth-order valence-electron chi connectivity index (χ4n) is 1.32. The zero-order chi connectivity index (χ0) is 12.4. The van der Waals surface area contributed by atoms with Gasteiger partial charge in [0.25, 0.3) is 0 Å². The van der Waals surface area contributed by atoms with Crippen LogP contribution in [0, 0.1) is 12.7 Å². The summed E-state index contributed by atoms with van der Waals surface area (Å²) in [4.78, 5) is 4.69. The first-order valence-corrected chi connectivity index (χ1v) is 5.40. The van der Waals surface area contributed by atoms with Crippen molar-refractivity contribution in [3.05, 3.63) is 42.0 Å². The number of anilines is 1. The summed E-state index contributed by atoms with van der Waals surface area (Å²) in [5, 5.41) is 0. The van der Waals surface area contributed by atoms with Crippen molar-refractivity contribution in [1.29, 1.82) is 0 Å². The normalized spacial score (nSPS) is 10.3. The Balaban J connectivity index is 2.31. The number of ether oxygens (including phenoxy) is 1. The van der Waals surface area contributed by atoms with E-state index in [0.717, 1.165) is 5.69 Å². The van der Waals surface area contributed by atoms with Crippen molar-refractivity contribution in [2.45, 2.75) is 11.8 Å². The topological polar surface area (TPSA) is 48.1 Å². The number of hydrogen-bond acceptors (Lipinski definition) is 4. The Kier molecular flexibility index (Phi) is 3.19. The molecule has 0 aliphatic heterocycles. The number of rotatable bonds is 2. The second kappa shape index (κ2) is 4.63. The average molecular weight is 250 g/mol. The molecule has 1 aromatic heterocycles. The lowest BCUT2D eigenvalue weighted by Crippen LogP contribution is -1.93. The summed E-state index contributed by atoms with van der Waals surface area (Å²) in [6, 6.07) is 5.96. The van der Waals surface area contributed by atoms with Crippen molar-refractivity contribution >= 4 is 18.3 Å². The van der Waals surface area contributed by atoms with E-state index in [-0.39, 0.29) is 5.69 Å². The fraction of sp³-hybridized carbons (Fsp3) is 0.0833. The number of aryl methyl sites for hydroxylation is 1. The molecular formula is C12H11FN2OS. The molecule has 0 atom stereocenters. The first-order valence-electron chi connectivity index (χ1n) is 4.95. The van der Waals surface area contributed by atoms with E-state index in [0.29, 0.717) is 16.4 Å². The molecule has 0 radical (unpaired) electrons. The van der Waals surface area contributed by atoms with Gasteiger partial charge < -0.3 is 10.5 Å². The van der Waals surface area contributed by atoms with Crippen LogP contribution in [0.1, 0.15) is 5.69 Å². The maximum absolute atomic E-state index is 13.2. The Morgan fingerprint density at radius 3 is 2.82 bits per heavy atom. The molecule has 3 nitrogen and oxygen atoms in total. The Labute approximate surface area is 104 Å². The first-order chi connectivity index (χ1) is 8.08. The number of hydrogen-bond donors (Lipinski definition) is 2. The van der Waals surface area contributed by atoms with Gasteiger partial charge in [-0.05, 0) is 19.1 Å². The van der Waals surface area contributed by atoms with Crippen LogP contribution in [0.15, 0.2) is 35.4 Å². The molecule has 2 rings (SSSR count). The van der Waals surface area contributed by atoms with Crippen LogP contribution in [0.25, 0.3) is 0 Å². The summed E-state index contributed by atoms with van der Waals surface area (Å²) in [7, 11) is 0. The molecule has 17 heavy (non-hydrogen) atoms. The van der Waals surface area contributed by atoms with Crippen molar-refractivity contribution in [3.63, 3.8) is 0 Å². The minimum atomic E-state index is -0.506. The zero-order valence-electron chi connectivity index (χ0n) is 9.14. The molecule has 0 amide bonds.